The largest absolute Gasteiger partial charge is 0.393 e. The number of amides is 1. The first-order chi connectivity index (χ1) is 9.61. The van der Waals surface area contributed by atoms with E-state index >= 15 is 0 Å². The molecule has 0 radical (unpaired) electrons. The Bertz CT molecular complexity index is 322. The fourth-order valence-electron chi connectivity index (χ4n) is 3.77. The van der Waals surface area contributed by atoms with Crippen molar-refractivity contribution in [3.63, 3.8) is 0 Å². The first kappa shape index (κ1) is 15.8. The van der Waals surface area contributed by atoms with Crippen LogP contribution in [0.1, 0.15) is 51.9 Å². The van der Waals surface area contributed by atoms with Crippen LogP contribution in [0.5, 0.6) is 0 Å². The zero-order chi connectivity index (χ0) is 14.5. The van der Waals surface area contributed by atoms with Crippen LogP contribution in [0, 0.1) is 5.92 Å². The van der Waals surface area contributed by atoms with E-state index < -0.39 is 0 Å². The van der Waals surface area contributed by atoms with Gasteiger partial charge in [0.15, 0.2) is 0 Å². The van der Waals surface area contributed by atoms with E-state index in [1.165, 1.54) is 6.42 Å². The number of piperidine rings is 1. The summed E-state index contributed by atoms with van der Waals surface area (Å²) < 4.78 is 0. The van der Waals surface area contributed by atoms with Crippen LogP contribution in [0.15, 0.2) is 0 Å². The Labute approximate surface area is 123 Å². The van der Waals surface area contributed by atoms with E-state index in [1.807, 2.05) is 7.05 Å². The molecule has 3 atom stereocenters. The summed E-state index contributed by atoms with van der Waals surface area (Å²) in [7, 11) is 2.01. The second-order valence-corrected chi connectivity index (χ2v) is 6.60. The van der Waals surface area contributed by atoms with E-state index in [4.69, 9.17) is 0 Å². The van der Waals surface area contributed by atoms with Gasteiger partial charge in [-0.15, -0.1) is 0 Å². The number of likely N-dealkylation sites (tertiary alicyclic amines) is 1. The summed E-state index contributed by atoms with van der Waals surface area (Å²) in [6, 6.07) is 0.446. The molecular weight excluding hydrogens is 252 g/mol. The highest BCUT2D eigenvalue weighted by Crippen LogP contribution is 2.26. The van der Waals surface area contributed by atoms with E-state index in [1.54, 1.807) is 0 Å². The fourth-order valence-corrected chi connectivity index (χ4v) is 3.77. The lowest BCUT2D eigenvalue weighted by Gasteiger charge is -2.36. The Morgan fingerprint density at radius 1 is 1.25 bits per heavy atom. The molecule has 0 bridgehead atoms. The highest BCUT2D eigenvalue weighted by Gasteiger charge is 2.29. The Hall–Kier alpha value is -0.610. The zero-order valence-corrected chi connectivity index (χ0v) is 13.1. The van der Waals surface area contributed by atoms with Crippen LogP contribution in [0.2, 0.25) is 0 Å². The third-order valence-corrected chi connectivity index (χ3v) is 4.99. The summed E-state index contributed by atoms with van der Waals surface area (Å²) in [5, 5.41) is 9.88. The van der Waals surface area contributed by atoms with Crippen molar-refractivity contribution in [1.82, 2.24) is 9.80 Å². The number of hydrogen-bond acceptors (Lipinski definition) is 3. The molecule has 1 amide bonds. The van der Waals surface area contributed by atoms with Crippen LogP contribution in [0.25, 0.3) is 0 Å². The summed E-state index contributed by atoms with van der Waals surface area (Å²) in [6.07, 6.45) is 7.62. The van der Waals surface area contributed by atoms with Gasteiger partial charge in [0.05, 0.1) is 12.6 Å². The fraction of sp³-hybridized carbons (Fsp3) is 0.938. The average Bonchev–Trinajstić information content (AvgIpc) is 2.84. The molecule has 2 fully saturated rings. The van der Waals surface area contributed by atoms with Crippen LogP contribution >= 0.6 is 0 Å². The summed E-state index contributed by atoms with van der Waals surface area (Å²) >= 11 is 0. The second kappa shape index (κ2) is 7.41. The van der Waals surface area contributed by atoms with E-state index in [0.29, 0.717) is 18.5 Å². The average molecular weight is 282 g/mol. The molecule has 2 aliphatic rings. The maximum absolute atomic E-state index is 12.5. The molecule has 4 heteroatoms. The van der Waals surface area contributed by atoms with Gasteiger partial charge >= 0.3 is 0 Å². The van der Waals surface area contributed by atoms with Gasteiger partial charge < -0.3 is 10.0 Å². The number of rotatable bonds is 5. The maximum atomic E-state index is 12.5. The molecule has 1 saturated heterocycles. The van der Waals surface area contributed by atoms with Crippen molar-refractivity contribution in [2.24, 2.45) is 5.92 Å². The molecule has 2 rings (SSSR count). The molecule has 1 N–H and O–H groups in total. The number of aliphatic hydroxyl groups is 1. The molecule has 3 unspecified atom stereocenters. The van der Waals surface area contributed by atoms with Crippen LogP contribution in [-0.4, -0.2) is 59.6 Å². The number of carbonyl (C=O) groups excluding carboxylic acids is 1. The summed E-state index contributed by atoms with van der Waals surface area (Å²) in [5.74, 6) is 0.627. The molecule has 4 nitrogen and oxygen atoms in total. The standard InChI is InChI=1S/C16H30N2O2/c1-3-14-8-4-5-10-18(14)16(20)12-17(2)11-13-7-6-9-15(13)19/h13-15,19H,3-12H2,1-2H3. The summed E-state index contributed by atoms with van der Waals surface area (Å²) in [5.41, 5.74) is 0. The van der Waals surface area contributed by atoms with Crippen LogP contribution < -0.4 is 0 Å². The molecular formula is C16H30N2O2. The molecule has 1 aliphatic carbocycles. The monoisotopic (exact) mass is 282 g/mol. The van der Waals surface area contributed by atoms with Gasteiger partial charge in [-0.05, 0) is 51.5 Å². The molecule has 116 valence electrons. The van der Waals surface area contributed by atoms with E-state index in [0.717, 1.165) is 51.6 Å². The minimum atomic E-state index is -0.161. The van der Waals surface area contributed by atoms with Gasteiger partial charge in [-0.3, -0.25) is 9.69 Å². The highest BCUT2D eigenvalue weighted by molar-refractivity contribution is 5.78. The number of carbonyl (C=O) groups is 1. The van der Waals surface area contributed by atoms with Crippen LogP contribution in [0.4, 0.5) is 0 Å². The predicted molar refractivity (Wildman–Crippen MR) is 80.5 cm³/mol. The van der Waals surface area contributed by atoms with Crippen molar-refractivity contribution < 1.29 is 9.90 Å². The van der Waals surface area contributed by atoms with Crippen molar-refractivity contribution in [1.29, 1.82) is 0 Å². The zero-order valence-electron chi connectivity index (χ0n) is 13.1. The Balaban J connectivity index is 1.80. The van der Waals surface area contributed by atoms with Gasteiger partial charge in [-0.25, -0.2) is 0 Å². The Morgan fingerprint density at radius 3 is 2.70 bits per heavy atom. The SMILES string of the molecule is CCC1CCCCN1C(=O)CN(C)CC1CCCC1O. The van der Waals surface area contributed by atoms with Crippen molar-refractivity contribution >= 4 is 5.91 Å². The van der Waals surface area contributed by atoms with Crippen molar-refractivity contribution in [2.75, 3.05) is 26.7 Å². The smallest absolute Gasteiger partial charge is 0.236 e. The molecule has 20 heavy (non-hydrogen) atoms. The maximum Gasteiger partial charge on any atom is 0.236 e. The molecule has 0 aromatic rings. The normalized spacial score (nSPS) is 31.0. The van der Waals surface area contributed by atoms with E-state index in [-0.39, 0.29) is 12.0 Å². The first-order valence-corrected chi connectivity index (χ1v) is 8.28. The summed E-state index contributed by atoms with van der Waals surface area (Å²) in [4.78, 5) is 16.6. The molecule has 0 aromatic heterocycles. The molecule has 1 saturated carbocycles. The Morgan fingerprint density at radius 2 is 2.05 bits per heavy atom. The lowest BCUT2D eigenvalue weighted by molar-refractivity contribution is -0.136. The van der Waals surface area contributed by atoms with E-state index in [9.17, 15) is 9.90 Å². The van der Waals surface area contributed by atoms with Gasteiger partial charge in [-0.2, -0.15) is 0 Å². The molecule has 0 spiro atoms. The predicted octanol–water partition coefficient (Wildman–Crippen LogP) is 1.87. The van der Waals surface area contributed by atoms with Gasteiger partial charge in [0, 0.05) is 19.1 Å². The number of hydrogen-bond donors (Lipinski definition) is 1. The topological polar surface area (TPSA) is 43.8 Å². The highest BCUT2D eigenvalue weighted by atomic mass is 16.3. The van der Waals surface area contributed by atoms with E-state index in [2.05, 4.69) is 16.7 Å². The minimum absolute atomic E-state index is 0.161. The lowest BCUT2D eigenvalue weighted by Crippen LogP contribution is -2.48. The van der Waals surface area contributed by atoms with Crippen LogP contribution in [-0.2, 0) is 4.79 Å². The lowest BCUT2D eigenvalue weighted by atomic mass is 10.00. The first-order valence-electron chi connectivity index (χ1n) is 8.28. The van der Waals surface area contributed by atoms with Gasteiger partial charge in [0.2, 0.25) is 5.91 Å². The van der Waals surface area contributed by atoms with Crippen molar-refractivity contribution in [2.45, 2.75) is 64.0 Å². The molecule has 0 aromatic carbocycles. The third-order valence-electron chi connectivity index (χ3n) is 4.99. The third kappa shape index (κ3) is 3.95. The Kier molecular flexibility index (Phi) is 5.85. The molecule has 1 aliphatic heterocycles. The van der Waals surface area contributed by atoms with Crippen molar-refractivity contribution in [3.8, 4) is 0 Å². The summed E-state index contributed by atoms with van der Waals surface area (Å²) in [6.45, 7) is 4.45. The van der Waals surface area contributed by atoms with Gasteiger partial charge in [-0.1, -0.05) is 13.3 Å². The quantitative estimate of drug-likeness (QED) is 0.837. The number of likely N-dealkylation sites (N-methyl/N-ethyl adjacent to an activating group) is 1. The van der Waals surface area contributed by atoms with Gasteiger partial charge in [0.25, 0.3) is 0 Å². The van der Waals surface area contributed by atoms with Crippen molar-refractivity contribution in [3.05, 3.63) is 0 Å². The minimum Gasteiger partial charge on any atom is -0.393 e. The van der Waals surface area contributed by atoms with Crippen LogP contribution in [0.3, 0.4) is 0 Å². The molecule has 1 heterocycles. The van der Waals surface area contributed by atoms with Gasteiger partial charge in [0.1, 0.15) is 0 Å². The number of nitrogens with zero attached hydrogens (tertiary/aromatic N) is 2. The number of aliphatic hydroxyl groups excluding tert-OH is 1. The second-order valence-electron chi connectivity index (χ2n) is 6.60.